The van der Waals surface area contributed by atoms with E-state index in [1.165, 1.54) is 16.9 Å². The summed E-state index contributed by atoms with van der Waals surface area (Å²) in [6.07, 6.45) is 3.39. The number of rotatable bonds is 11. The van der Waals surface area contributed by atoms with Crippen LogP contribution in [0.4, 0.5) is 5.82 Å². The van der Waals surface area contributed by atoms with Crippen LogP contribution >= 0.6 is 0 Å². The van der Waals surface area contributed by atoms with E-state index in [-0.39, 0.29) is 30.5 Å². The Morgan fingerprint density at radius 2 is 1.87 bits per heavy atom. The molecule has 2 aromatic rings. The van der Waals surface area contributed by atoms with Crippen molar-refractivity contribution in [3.63, 3.8) is 0 Å². The number of nitrogens with one attached hydrogen (secondary N) is 1. The number of nitrogens with two attached hydrogens (primary N) is 1. The number of nitrogens with zero attached hydrogens (tertiary/aromatic N) is 4. The molecule has 0 bridgehead atoms. The Balaban J connectivity index is 1.64. The Labute approximate surface area is 275 Å². The van der Waals surface area contributed by atoms with Gasteiger partial charge in [-0.15, -0.1) is 0 Å². The van der Waals surface area contributed by atoms with Crippen molar-refractivity contribution in [2.45, 2.75) is 122 Å². The van der Waals surface area contributed by atoms with Crippen LogP contribution in [0, 0.1) is 22.7 Å². The summed E-state index contributed by atoms with van der Waals surface area (Å²) in [5.74, 6) is -1.34. The van der Waals surface area contributed by atoms with Gasteiger partial charge < -0.3 is 35.1 Å². The number of carbonyl (C=O) groups excluding carboxylic acids is 3. The first kappa shape index (κ1) is 36.2. The van der Waals surface area contributed by atoms with Crippen molar-refractivity contribution in [2.24, 2.45) is 17.1 Å². The number of ether oxygens (including phenoxy) is 4. The number of nitriles is 1. The normalized spacial score (nSPS) is 24.7. The van der Waals surface area contributed by atoms with Crippen LogP contribution in [-0.4, -0.2) is 80.7 Å². The third-order valence-electron chi connectivity index (χ3n) is 8.99. The summed E-state index contributed by atoms with van der Waals surface area (Å²) >= 11 is 0. The molecule has 2 aliphatic rings. The Hall–Kier alpha value is -3.64. The maximum absolute atomic E-state index is 13.2. The van der Waals surface area contributed by atoms with E-state index < -0.39 is 58.8 Å². The lowest BCUT2D eigenvalue weighted by molar-refractivity contribution is -0.163. The molecule has 3 heterocycles. The molecule has 1 saturated carbocycles. The first-order valence-electron chi connectivity index (χ1n) is 16.3. The quantitative estimate of drug-likeness (QED) is 0.236. The molecule has 0 aromatic carbocycles. The molecule has 0 radical (unpaired) electrons. The molecule has 1 aliphatic heterocycles. The van der Waals surface area contributed by atoms with E-state index in [4.69, 9.17) is 24.7 Å². The monoisotopic (exact) mass is 656 g/mol. The zero-order chi connectivity index (χ0) is 34.6. The van der Waals surface area contributed by atoms with E-state index in [9.17, 15) is 24.8 Å². The van der Waals surface area contributed by atoms with Crippen molar-refractivity contribution in [2.75, 3.05) is 18.5 Å². The third-order valence-corrected chi connectivity index (χ3v) is 8.99. The summed E-state index contributed by atoms with van der Waals surface area (Å²) < 4.78 is 24.4. The van der Waals surface area contributed by atoms with Gasteiger partial charge in [0.2, 0.25) is 5.60 Å². The maximum Gasteiger partial charge on any atom is 0.323 e. The van der Waals surface area contributed by atoms with Crippen molar-refractivity contribution in [1.29, 1.82) is 5.26 Å². The molecule has 258 valence electrons. The molecule has 14 nitrogen and oxygen atoms in total. The molecular formula is C33H48N6O8. The first-order valence-corrected chi connectivity index (χ1v) is 16.3. The van der Waals surface area contributed by atoms with Crippen molar-refractivity contribution >= 4 is 29.2 Å². The molecule has 0 spiro atoms. The number of aliphatic hydroxyl groups excluding tert-OH is 1. The standard InChI is InChI=1S/C33H48N6O8/c1-7-45-32(5,6)30(43)38-28-21-14-15-23(39(21)37-19-36-28)33(18-34)27(41)25(46-29(42)26(35)31(2,3)4)22(47-33)17-44-24(40)16-20-12-10-8-9-11-13-20/h14-15,19-20,22,25-27,41H,7-13,16-17,35H2,1-6H3,(H,36,37,38,43)/t22-,25-,26+,27-,33+/m1/s1. The number of hydrogen-bond donors (Lipinski definition) is 3. The lowest BCUT2D eigenvalue weighted by Gasteiger charge is -2.29. The van der Waals surface area contributed by atoms with E-state index >= 15 is 0 Å². The summed E-state index contributed by atoms with van der Waals surface area (Å²) in [7, 11) is 0. The average molecular weight is 657 g/mol. The molecule has 2 aromatic heterocycles. The van der Waals surface area contributed by atoms with Gasteiger partial charge in [0.05, 0.1) is 5.69 Å². The highest BCUT2D eigenvalue weighted by molar-refractivity contribution is 5.98. The fourth-order valence-corrected chi connectivity index (χ4v) is 6.04. The van der Waals surface area contributed by atoms with Crippen LogP contribution in [-0.2, 0) is 38.9 Å². The molecule has 1 amide bonds. The van der Waals surface area contributed by atoms with Gasteiger partial charge in [-0.2, -0.15) is 10.4 Å². The maximum atomic E-state index is 13.2. The predicted molar refractivity (Wildman–Crippen MR) is 170 cm³/mol. The molecule has 47 heavy (non-hydrogen) atoms. The van der Waals surface area contributed by atoms with Crippen molar-refractivity contribution in [1.82, 2.24) is 14.6 Å². The van der Waals surface area contributed by atoms with Crippen LogP contribution in [0.1, 0.15) is 92.2 Å². The van der Waals surface area contributed by atoms with Gasteiger partial charge in [0.1, 0.15) is 48.4 Å². The number of aromatic nitrogens is 3. The van der Waals surface area contributed by atoms with Crippen LogP contribution in [0.25, 0.3) is 5.52 Å². The SMILES string of the molecule is CCOC(C)(C)C(=O)Nc1ncnn2c([C@]3(C#N)O[C@H](COC(=O)CC4CCCCCC4)[C@@H](OC(=O)[C@H](N)C(C)(C)C)[C@H]3O)ccc12. The van der Waals surface area contributed by atoms with Crippen LogP contribution in [0.5, 0.6) is 0 Å². The minimum absolute atomic E-state index is 0.0814. The number of aliphatic hydroxyl groups is 1. The summed E-state index contributed by atoms with van der Waals surface area (Å²) in [4.78, 5) is 43.2. The average Bonchev–Trinajstić information content (AvgIpc) is 3.44. The van der Waals surface area contributed by atoms with Gasteiger partial charge in [0.15, 0.2) is 11.9 Å². The van der Waals surface area contributed by atoms with Gasteiger partial charge in [-0.1, -0.05) is 46.5 Å². The van der Waals surface area contributed by atoms with Crippen LogP contribution in [0.15, 0.2) is 18.5 Å². The summed E-state index contributed by atoms with van der Waals surface area (Å²) in [6.45, 7) is 10.3. The van der Waals surface area contributed by atoms with Gasteiger partial charge in [-0.3, -0.25) is 14.4 Å². The fourth-order valence-electron chi connectivity index (χ4n) is 6.04. The lowest BCUT2D eigenvalue weighted by Crippen LogP contribution is -2.49. The molecule has 5 atom stereocenters. The minimum Gasteiger partial charge on any atom is -0.463 e. The van der Waals surface area contributed by atoms with E-state index in [1.807, 2.05) is 0 Å². The highest BCUT2D eigenvalue weighted by Gasteiger charge is 2.60. The lowest BCUT2D eigenvalue weighted by atomic mass is 9.87. The fraction of sp³-hybridized carbons (Fsp3) is 0.697. The molecular weight excluding hydrogens is 608 g/mol. The second-order valence-electron chi connectivity index (χ2n) is 14.0. The minimum atomic E-state index is -2.12. The number of anilines is 1. The van der Waals surface area contributed by atoms with E-state index in [0.717, 1.165) is 38.5 Å². The van der Waals surface area contributed by atoms with Crippen LogP contribution < -0.4 is 11.1 Å². The van der Waals surface area contributed by atoms with Gasteiger partial charge in [-0.25, -0.2) is 9.50 Å². The van der Waals surface area contributed by atoms with Crippen LogP contribution in [0.3, 0.4) is 0 Å². The van der Waals surface area contributed by atoms with Crippen molar-refractivity contribution < 1.29 is 38.4 Å². The largest absolute Gasteiger partial charge is 0.463 e. The van der Waals surface area contributed by atoms with E-state index in [0.29, 0.717) is 12.1 Å². The van der Waals surface area contributed by atoms with Crippen molar-refractivity contribution in [3.8, 4) is 6.07 Å². The zero-order valence-corrected chi connectivity index (χ0v) is 28.2. The highest BCUT2D eigenvalue weighted by atomic mass is 16.6. The Kier molecular flexibility index (Phi) is 11.3. The van der Waals surface area contributed by atoms with Gasteiger partial charge in [0, 0.05) is 13.0 Å². The third kappa shape index (κ3) is 7.92. The van der Waals surface area contributed by atoms with Gasteiger partial charge >= 0.3 is 11.9 Å². The van der Waals surface area contributed by atoms with Crippen LogP contribution in [0.2, 0.25) is 0 Å². The zero-order valence-electron chi connectivity index (χ0n) is 28.2. The number of fused-ring (bicyclic) bond motifs is 1. The van der Waals surface area contributed by atoms with E-state index in [2.05, 4.69) is 21.5 Å². The number of hydrogen-bond acceptors (Lipinski definition) is 12. The van der Waals surface area contributed by atoms with Crippen molar-refractivity contribution in [3.05, 3.63) is 24.2 Å². The molecule has 0 unspecified atom stereocenters. The van der Waals surface area contributed by atoms with Gasteiger partial charge in [0.25, 0.3) is 5.91 Å². The Morgan fingerprint density at radius 1 is 1.19 bits per heavy atom. The topological polar surface area (TPSA) is 200 Å². The second kappa shape index (κ2) is 14.6. The second-order valence-corrected chi connectivity index (χ2v) is 14.0. The van der Waals surface area contributed by atoms with E-state index in [1.54, 1.807) is 47.6 Å². The smallest absolute Gasteiger partial charge is 0.323 e. The number of esters is 2. The molecule has 4 N–H and O–H groups in total. The predicted octanol–water partition coefficient (Wildman–Crippen LogP) is 3.15. The summed E-state index contributed by atoms with van der Waals surface area (Å²) in [5, 5.41) is 29.3. The number of amides is 1. The molecule has 1 aliphatic carbocycles. The number of carbonyl (C=O) groups is 3. The Bertz CT molecular complexity index is 1470. The highest BCUT2D eigenvalue weighted by Crippen LogP contribution is 2.42. The summed E-state index contributed by atoms with van der Waals surface area (Å²) in [6, 6.07) is 4.06. The molecule has 4 rings (SSSR count). The molecule has 1 saturated heterocycles. The molecule has 2 fully saturated rings. The summed E-state index contributed by atoms with van der Waals surface area (Å²) in [5.41, 5.74) is 2.60. The molecule has 14 heteroatoms. The van der Waals surface area contributed by atoms with Gasteiger partial charge in [-0.05, 0) is 57.1 Å². The Morgan fingerprint density at radius 3 is 2.49 bits per heavy atom. The first-order chi connectivity index (χ1) is 22.1.